The summed E-state index contributed by atoms with van der Waals surface area (Å²) in [6, 6.07) is 7.30. The molecule has 1 saturated carbocycles. The van der Waals surface area contributed by atoms with E-state index >= 15 is 0 Å². The molecule has 0 radical (unpaired) electrons. The molecule has 1 fully saturated rings. The number of nitrogens with zero attached hydrogens (tertiary/aromatic N) is 1. The lowest BCUT2D eigenvalue weighted by Crippen LogP contribution is -2.39. The van der Waals surface area contributed by atoms with Crippen molar-refractivity contribution in [3.8, 4) is 0 Å². The van der Waals surface area contributed by atoms with Crippen LogP contribution in [0.2, 0.25) is 0 Å². The molecule has 21 heavy (non-hydrogen) atoms. The van der Waals surface area contributed by atoms with E-state index in [4.69, 9.17) is 18.0 Å². The molecule has 0 aromatic heterocycles. The summed E-state index contributed by atoms with van der Waals surface area (Å²) < 4.78 is 26.9. The molecule has 1 aliphatic rings. The average Bonchev–Trinajstić information content (AvgIpc) is 2.93. The van der Waals surface area contributed by atoms with Crippen molar-refractivity contribution in [2.75, 3.05) is 6.54 Å². The highest BCUT2D eigenvalue weighted by molar-refractivity contribution is 7.88. The topological polar surface area (TPSA) is 63.4 Å². The molecule has 2 N–H and O–H groups in total. The van der Waals surface area contributed by atoms with Crippen molar-refractivity contribution < 1.29 is 8.42 Å². The second-order valence-electron chi connectivity index (χ2n) is 5.46. The van der Waals surface area contributed by atoms with Crippen molar-refractivity contribution in [1.82, 2.24) is 4.31 Å². The van der Waals surface area contributed by atoms with Gasteiger partial charge < -0.3 is 5.73 Å². The Morgan fingerprint density at radius 2 is 1.86 bits per heavy atom. The summed E-state index contributed by atoms with van der Waals surface area (Å²) in [5.41, 5.74) is 7.08. The van der Waals surface area contributed by atoms with Gasteiger partial charge in [-0.25, -0.2) is 8.42 Å². The Bertz CT molecular complexity index is 591. The maximum Gasteiger partial charge on any atom is 0.218 e. The minimum atomic E-state index is -3.27. The van der Waals surface area contributed by atoms with Crippen LogP contribution >= 0.6 is 12.2 Å². The maximum atomic E-state index is 12.6. The van der Waals surface area contributed by atoms with Gasteiger partial charge in [0.1, 0.15) is 4.99 Å². The Balaban J connectivity index is 2.13. The normalized spacial score (nSPS) is 16.5. The van der Waals surface area contributed by atoms with Crippen molar-refractivity contribution in [2.24, 2.45) is 5.73 Å². The van der Waals surface area contributed by atoms with E-state index in [2.05, 4.69) is 0 Å². The summed E-state index contributed by atoms with van der Waals surface area (Å²) >= 11 is 4.90. The Morgan fingerprint density at radius 1 is 1.29 bits per heavy atom. The lowest BCUT2D eigenvalue weighted by Gasteiger charge is -2.26. The molecule has 116 valence electrons. The molecule has 1 aliphatic carbocycles. The van der Waals surface area contributed by atoms with Gasteiger partial charge in [-0.2, -0.15) is 4.31 Å². The van der Waals surface area contributed by atoms with Crippen LogP contribution in [0.25, 0.3) is 0 Å². The zero-order valence-corrected chi connectivity index (χ0v) is 13.9. The third-order valence-electron chi connectivity index (χ3n) is 3.99. The van der Waals surface area contributed by atoms with Gasteiger partial charge >= 0.3 is 0 Å². The van der Waals surface area contributed by atoms with Gasteiger partial charge in [0.25, 0.3) is 0 Å². The molecule has 1 aromatic carbocycles. The zero-order valence-electron chi connectivity index (χ0n) is 12.3. The summed E-state index contributed by atoms with van der Waals surface area (Å²) in [4.78, 5) is 0.325. The molecule has 0 bridgehead atoms. The first-order chi connectivity index (χ1) is 9.94. The molecule has 0 unspecified atom stereocenters. The number of benzene rings is 1. The van der Waals surface area contributed by atoms with Gasteiger partial charge in [0.2, 0.25) is 10.0 Å². The summed E-state index contributed by atoms with van der Waals surface area (Å²) in [6.07, 6.45) is 4.21. The lowest BCUT2D eigenvalue weighted by molar-refractivity contribution is 0.335. The highest BCUT2D eigenvalue weighted by Gasteiger charge is 2.30. The summed E-state index contributed by atoms with van der Waals surface area (Å²) in [5.74, 6) is 0.0367. The first-order valence-electron chi connectivity index (χ1n) is 7.32. The molecule has 0 saturated heterocycles. The quantitative estimate of drug-likeness (QED) is 0.816. The van der Waals surface area contributed by atoms with Gasteiger partial charge in [0.05, 0.1) is 5.75 Å². The monoisotopic (exact) mass is 326 g/mol. The average molecular weight is 326 g/mol. The van der Waals surface area contributed by atoms with E-state index in [1.54, 1.807) is 28.6 Å². The molecular weight excluding hydrogens is 304 g/mol. The second-order valence-corrected chi connectivity index (χ2v) is 7.82. The largest absolute Gasteiger partial charge is 0.389 e. The van der Waals surface area contributed by atoms with Crippen LogP contribution in [0.1, 0.15) is 43.7 Å². The fourth-order valence-electron chi connectivity index (χ4n) is 2.93. The van der Waals surface area contributed by atoms with Gasteiger partial charge in [0, 0.05) is 18.2 Å². The van der Waals surface area contributed by atoms with Crippen LogP contribution < -0.4 is 5.73 Å². The molecule has 0 atom stereocenters. The van der Waals surface area contributed by atoms with E-state index < -0.39 is 10.0 Å². The fraction of sp³-hybridized carbons (Fsp3) is 0.533. The molecule has 0 aliphatic heterocycles. The van der Waals surface area contributed by atoms with Crippen molar-refractivity contribution >= 4 is 27.2 Å². The Hall–Kier alpha value is -0.980. The Morgan fingerprint density at radius 3 is 2.33 bits per heavy atom. The standard InChI is InChI=1S/C15H22N2O2S2/c1-2-17(14-5-3-4-6-14)21(18,19)11-12-7-9-13(10-8-12)15(16)20/h7-10,14H,2-6,11H2,1H3,(H2,16,20). The molecule has 0 amide bonds. The first kappa shape index (κ1) is 16.4. The molecular formula is C15H22N2O2S2. The van der Waals surface area contributed by atoms with Crippen LogP contribution in [-0.4, -0.2) is 30.3 Å². The molecule has 6 heteroatoms. The number of thiocarbonyl (C=S) groups is 1. The van der Waals surface area contributed by atoms with E-state index in [-0.39, 0.29) is 11.8 Å². The molecule has 2 rings (SSSR count). The minimum absolute atomic E-state index is 0.0367. The van der Waals surface area contributed by atoms with Gasteiger partial charge in [-0.3, -0.25) is 0 Å². The number of sulfonamides is 1. The highest BCUT2D eigenvalue weighted by Crippen LogP contribution is 2.26. The summed E-state index contributed by atoms with van der Waals surface area (Å²) in [6.45, 7) is 2.45. The van der Waals surface area contributed by atoms with Crippen molar-refractivity contribution in [3.05, 3.63) is 35.4 Å². The SMILES string of the molecule is CCN(C1CCCC1)S(=O)(=O)Cc1ccc(C(N)=S)cc1. The van der Waals surface area contributed by atoms with Crippen molar-refractivity contribution in [1.29, 1.82) is 0 Å². The number of rotatable bonds is 6. The number of hydrogen-bond acceptors (Lipinski definition) is 3. The van der Waals surface area contributed by atoms with Crippen LogP contribution in [0.5, 0.6) is 0 Å². The van der Waals surface area contributed by atoms with Crippen LogP contribution in [-0.2, 0) is 15.8 Å². The predicted octanol–water partition coefficient (Wildman–Crippen LogP) is 2.42. The van der Waals surface area contributed by atoms with Crippen LogP contribution in [0.4, 0.5) is 0 Å². The van der Waals surface area contributed by atoms with Gasteiger partial charge in [-0.1, -0.05) is 56.2 Å². The van der Waals surface area contributed by atoms with Gasteiger partial charge in [-0.15, -0.1) is 0 Å². The molecule has 0 spiro atoms. The Kier molecular flexibility index (Phi) is 5.35. The highest BCUT2D eigenvalue weighted by atomic mass is 32.2. The van der Waals surface area contributed by atoms with Crippen LogP contribution in [0.3, 0.4) is 0 Å². The zero-order chi connectivity index (χ0) is 15.5. The van der Waals surface area contributed by atoms with Crippen molar-refractivity contribution in [2.45, 2.75) is 44.4 Å². The predicted molar refractivity (Wildman–Crippen MR) is 89.6 cm³/mol. The van der Waals surface area contributed by atoms with Crippen molar-refractivity contribution in [3.63, 3.8) is 0 Å². The number of hydrogen-bond donors (Lipinski definition) is 1. The minimum Gasteiger partial charge on any atom is -0.389 e. The van der Waals surface area contributed by atoms with E-state index in [1.807, 2.05) is 6.92 Å². The first-order valence-corrected chi connectivity index (χ1v) is 9.34. The van der Waals surface area contributed by atoms with E-state index in [0.29, 0.717) is 11.5 Å². The fourth-order valence-corrected chi connectivity index (χ4v) is 4.91. The molecule has 1 aromatic rings. The molecule has 4 nitrogen and oxygen atoms in total. The van der Waals surface area contributed by atoms with E-state index in [9.17, 15) is 8.42 Å². The second kappa shape index (κ2) is 6.85. The van der Waals surface area contributed by atoms with Crippen LogP contribution in [0, 0.1) is 0 Å². The third kappa shape index (κ3) is 4.02. The van der Waals surface area contributed by atoms with E-state index in [1.165, 1.54) is 0 Å². The third-order valence-corrected chi connectivity index (χ3v) is 6.19. The van der Waals surface area contributed by atoms with E-state index in [0.717, 1.165) is 36.8 Å². The lowest BCUT2D eigenvalue weighted by atomic mass is 10.1. The van der Waals surface area contributed by atoms with Gasteiger partial charge in [0.15, 0.2) is 0 Å². The summed E-state index contributed by atoms with van der Waals surface area (Å²) in [5, 5.41) is 0. The van der Waals surface area contributed by atoms with Gasteiger partial charge in [-0.05, 0) is 18.4 Å². The molecule has 0 heterocycles. The summed E-state index contributed by atoms with van der Waals surface area (Å²) in [7, 11) is -3.27. The van der Waals surface area contributed by atoms with Crippen LogP contribution in [0.15, 0.2) is 24.3 Å². The maximum absolute atomic E-state index is 12.6. The smallest absolute Gasteiger partial charge is 0.218 e. The Labute approximate surface area is 132 Å². The number of nitrogens with two attached hydrogens (primary N) is 1.